The summed E-state index contributed by atoms with van der Waals surface area (Å²) < 4.78 is 16.4. The summed E-state index contributed by atoms with van der Waals surface area (Å²) in [6.07, 6.45) is 1.26. The molecule has 1 aliphatic heterocycles. The van der Waals surface area contributed by atoms with E-state index in [1.807, 2.05) is 30.3 Å². The van der Waals surface area contributed by atoms with Gasteiger partial charge in [0, 0.05) is 23.2 Å². The van der Waals surface area contributed by atoms with E-state index in [-0.39, 0.29) is 17.7 Å². The molecule has 186 valence electrons. The number of anilines is 1. The van der Waals surface area contributed by atoms with E-state index >= 15 is 0 Å². The second-order valence-electron chi connectivity index (χ2n) is 9.59. The molecule has 0 bridgehead atoms. The Kier molecular flexibility index (Phi) is 5.84. The van der Waals surface area contributed by atoms with Crippen LogP contribution in [0.3, 0.4) is 0 Å². The molecule has 6 rings (SSSR count). The average Bonchev–Trinajstić information content (AvgIpc) is 2.95. The molecule has 0 saturated heterocycles. The van der Waals surface area contributed by atoms with Gasteiger partial charge >= 0.3 is 0 Å². The van der Waals surface area contributed by atoms with Crippen molar-refractivity contribution in [3.8, 4) is 17.2 Å². The van der Waals surface area contributed by atoms with Crippen molar-refractivity contribution in [3.63, 3.8) is 0 Å². The summed E-state index contributed by atoms with van der Waals surface area (Å²) in [6.45, 7) is 0. The molecule has 1 N–H and O–H groups in total. The van der Waals surface area contributed by atoms with Crippen LogP contribution in [0.5, 0.6) is 17.2 Å². The number of methoxy groups -OCH3 is 3. The molecule has 0 saturated carbocycles. The second-order valence-corrected chi connectivity index (χ2v) is 9.59. The third-order valence-corrected chi connectivity index (χ3v) is 7.66. The minimum absolute atomic E-state index is 0.105. The molecule has 2 aliphatic rings. The van der Waals surface area contributed by atoms with Crippen LogP contribution < -0.4 is 19.5 Å². The van der Waals surface area contributed by atoms with Crippen LogP contribution in [-0.4, -0.2) is 27.1 Å². The van der Waals surface area contributed by atoms with E-state index in [4.69, 9.17) is 14.2 Å². The fraction of sp³-hybridized carbons (Fsp3) is 0.219. The van der Waals surface area contributed by atoms with Gasteiger partial charge in [-0.05, 0) is 70.1 Å². The standard InChI is InChI=1S/C32H29NO4/c1-35-23-12-8-19(9-13-23)22-16-25-30-24-7-5-4-6-20(24)10-14-26(30)33-32(31(25)27(34)17-22)21-11-15-28(36-2)29(18-21)37-3/h4-15,18,22,32-33H,16-17H2,1-3H3/t22-,32+/m1/s1. The van der Waals surface area contributed by atoms with E-state index in [0.29, 0.717) is 17.9 Å². The van der Waals surface area contributed by atoms with Crippen molar-refractivity contribution in [1.82, 2.24) is 0 Å². The summed E-state index contributed by atoms with van der Waals surface area (Å²) in [4.78, 5) is 14.0. The van der Waals surface area contributed by atoms with Gasteiger partial charge in [0.2, 0.25) is 0 Å². The first-order chi connectivity index (χ1) is 18.1. The van der Waals surface area contributed by atoms with Crippen molar-refractivity contribution in [1.29, 1.82) is 0 Å². The van der Waals surface area contributed by atoms with Crippen LogP contribution in [0.1, 0.15) is 41.5 Å². The lowest BCUT2D eigenvalue weighted by Gasteiger charge is -2.37. The zero-order valence-electron chi connectivity index (χ0n) is 21.2. The normalized spacial score (nSPS) is 18.6. The van der Waals surface area contributed by atoms with Gasteiger partial charge in [0.1, 0.15) is 5.75 Å². The number of carbonyl (C=O) groups is 1. The number of rotatable bonds is 5. The van der Waals surface area contributed by atoms with Crippen LogP contribution in [0.15, 0.2) is 84.4 Å². The molecular weight excluding hydrogens is 462 g/mol. The molecule has 5 heteroatoms. The molecule has 1 aliphatic carbocycles. The Hall–Kier alpha value is -4.25. The highest BCUT2D eigenvalue weighted by molar-refractivity contribution is 6.13. The lowest BCUT2D eigenvalue weighted by atomic mass is 9.71. The Labute approximate surface area is 216 Å². The van der Waals surface area contributed by atoms with Crippen molar-refractivity contribution in [3.05, 3.63) is 101 Å². The summed E-state index contributed by atoms with van der Waals surface area (Å²) >= 11 is 0. The smallest absolute Gasteiger partial charge is 0.162 e. The summed E-state index contributed by atoms with van der Waals surface area (Å²) in [7, 11) is 4.93. The number of ether oxygens (including phenoxy) is 3. The van der Waals surface area contributed by atoms with Gasteiger partial charge in [0.05, 0.1) is 27.4 Å². The Morgan fingerprint density at radius 1 is 0.757 bits per heavy atom. The monoisotopic (exact) mass is 491 g/mol. The Morgan fingerprint density at radius 2 is 1.51 bits per heavy atom. The summed E-state index contributed by atoms with van der Waals surface area (Å²) in [6, 6.07) is 26.4. The first-order valence-corrected chi connectivity index (χ1v) is 12.5. The van der Waals surface area contributed by atoms with Crippen LogP contribution in [0.2, 0.25) is 0 Å². The maximum atomic E-state index is 14.0. The number of Topliss-reactive ketones (excluding diaryl/α,β-unsaturated/α-hetero) is 1. The third-order valence-electron chi connectivity index (χ3n) is 7.66. The Bertz CT molecular complexity index is 1540. The third kappa shape index (κ3) is 3.91. The predicted molar refractivity (Wildman–Crippen MR) is 147 cm³/mol. The largest absolute Gasteiger partial charge is 0.497 e. The zero-order chi connectivity index (χ0) is 25.5. The van der Waals surface area contributed by atoms with Crippen LogP contribution in [0.4, 0.5) is 5.69 Å². The number of nitrogens with one attached hydrogen (secondary N) is 1. The molecule has 4 aromatic carbocycles. The molecule has 1 heterocycles. The molecule has 0 aromatic heterocycles. The maximum absolute atomic E-state index is 14.0. The topological polar surface area (TPSA) is 56.8 Å². The van der Waals surface area contributed by atoms with Gasteiger partial charge < -0.3 is 19.5 Å². The maximum Gasteiger partial charge on any atom is 0.162 e. The fourth-order valence-corrected chi connectivity index (χ4v) is 5.84. The Morgan fingerprint density at radius 3 is 2.27 bits per heavy atom. The van der Waals surface area contributed by atoms with Crippen LogP contribution in [0, 0.1) is 0 Å². The molecular formula is C32H29NO4. The molecule has 0 radical (unpaired) electrons. The van der Waals surface area contributed by atoms with Crippen molar-refractivity contribution < 1.29 is 19.0 Å². The van der Waals surface area contributed by atoms with E-state index in [1.54, 1.807) is 21.3 Å². The van der Waals surface area contributed by atoms with E-state index in [0.717, 1.165) is 51.1 Å². The minimum atomic E-state index is -0.271. The van der Waals surface area contributed by atoms with Crippen molar-refractivity contribution in [2.24, 2.45) is 0 Å². The van der Waals surface area contributed by atoms with Gasteiger partial charge in [0.15, 0.2) is 17.3 Å². The van der Waals surface area contributed by atoms with Crippen molar-refractivity contribution in [2.45, 2.75) is 24.8 Å². The zero-order valence-corrected chi connectivity index (χ0v) is 21.2. The van der Waals surface area contributed by atoms with Crippen LogP contribution in [-0.2, 0) is 4.79 Å². The lowest BCUT2D eigenvalue weighted by Crippen LogP contribution is -2.29. The number of allylic oxidation sites excluding steroid dienone is 1. The number of benzene rings is 4. The van der Waals surface area contributed by atoms with Crippen LogP contribution in [0.25, 0.3) is 16.3 Å². The Balaban J connectivity index is 1.53. The quantitative estimate of drug-likeness (QED) is 0.328. The first-order valence-electron chi connectivity index (χ1n) is 12.5. The number of hydrogen-bond acceptors (Lipinski definition) is 5. The van der Waals surface area contributed by atoms with E-state index in [9.17, 15) is 4.79 Å². The molecule has 0 amide bonds. The average molecular weight is 492 g/mol. The van der Waals surface area contributed by atoms with Gasteiger partial charge in [-0.25, -0.2) is 0 Å². The van der Waals surface area contributed by atoms with E-state index in [1.165, 1.54) is 5.39 Å². The van der Waals surface area contributed by atoms with Gasteiger partial charge in [0.25, 0.3) is 0 Å². The number of carbonyl (C=O) groups excluding carboxylic acids is 1. The fourth-order valence-electron chi connectivity index (χ4n) is 5.84. The number of hydrogen-bond donors (Lipinski definition) is 1. The highest BCUT2D eigenvalue weighted by atomic mass is 16.5. The minimum Gasteiger partial charge on any atom is -0.497 e. The summed E-state index contributed by atoms with van der Waals surface area (Å²) in [5.74, 6) is 2.41. The van der Waals surface area contributed by atoms with Gasteiger partial charge in [-0.3, -0.25) is 4.79 Å². The lowest BCUT2D eigenvalue weighted by molar-refractivity contribution is -0.116. The molecule has 0 spiro atoms. The first kappa shape index (κ1) is 23.2. The van der Waals surface area contributed by atoms with Gasteiger partial charge in [-0.1, -0.05) is 48.5 Å². The molecule has 0 unspecified atom stereocenters. The summed E-state index contributed by atoms with van der Waals surface area (Å²) in [5.41, 5.74) is 6.28. The van der Waals surface area contributed by atoms with Crippen LogP contribution >= 0.6 is 0 Å². The molecule has 5 nitrogen and oxygen atoms in total. The number of fused-ring (bicyclic) bond motifs is 4. The SMILES string of the molecule is COc1ccc([C@H]2CC(=O)C3=C(C2)c2c(ccc4ccccc24)N[C@H]3c2ccc(OC)c(OC)c2)cc1. The van der Waals surface area contributed by atoms with Crippen molar-refractivity contribution >= 4 is 27.8 Å². The van der Waals surface area contributed by atoms with Gasteiger partial charge in [-0.15, -0.1) is 0 Å². The molecule has 2 atom stereocenters. The molecule has 37 heavy (non-hydrogen) atoms. The predicted octanol–water partition coefficient (Wildman–Crippen LogP) is 6.93. The summed E-state index contributed by atoms with van der Waals surface area (Å²) in [5, 5.41) is 6.03. The highest BCUT2D eigenvalue weighted by Gasteiger charge is 2.38. The second kappa shape index (κ2) is 9.32. The van der Waals surface area contributed by atoms with E-state index in [2.05, 4.69) is 53.8 Å². The highest BCUT2D eigenvalue weighted by Crippen LogP contribution is 2.51. The van der Waals surface area contributed by atoms with Gasteiger partial charge in [-0.2, -0.15) is 0 Å². The molecule has 0 fully saturated rings. The molecule has 4 aromatic rings. The number of ketones is 1. The van der Waals surface area contributed by atoms with E-state index < -0.39 is 0 Å². The van der Waals surface area contributed by atoms with Crippen molar-refractivity contribution in [2.75, 3.05) is 26.6 Å².